The number of carbonyl (C=O) groups excluding carboxylic acids is 1. The number of methoxy groups -OCH3 is 2. The van der Waals surface area contributed by atoms with Crippen LogP contribution in [0.3, 0.4) is 0 Å². The zero-order valence-electron chi connectivity index (χ0n) is 27.8. The smallest absolute Gasteiger partial charge is 0.416 e. The van der Waals surface area contributed by atoms with Crippen molar-refractivity contribution in [2.45, 2.75) is 72.3 Å². The highest BCUT2D eigenvalue weighted by Crippen LogP contribution is 2.47. The molecule has 2 aromatic carbocycles. The Kier molecular flexibility index (Phi) is 10.7. The molecule has 1 N–H and O–H groups in total. The van der Waals surface area contributed by atoms with Crippen LogP contribution in [0.4, 0.5) is 23.2 Å². The average Bonchev–Trinajstić information content (AvgIpc) is 3.84. The van der Waals surface area contributed by atoms with Crippen molar-refractivity contribution in [3.8, 4) is 5.75 Å². The molecule has 1 aliphatic carbocycles. The number of amides is 1. The molecule has 4 fully saturated rings. The lowest BCUT2D eigenvalue weighted by molar-refractivity contribution is -0.143. The van der Waals surface area contributed by atoms with Gasteiger partial charge in [-0.2, -0.15) is 13.2 Å². The van der Waals surface area contributed by atoms with Gasteiger partial charge in [0.05, 0.1) is 29.2 Å². The van der Waals surface area contributed by atoms with E-state index in [1.54, 1.807) is 31.3 Å². The van der Waals surface area contributed by atoms with Crippen molar-refractivity contribution >= 4 is 40.2 Å². The lowest BCUT2D eigenvalue weighted by Crippen LogP contribution is -2.50. The van der Waals surface area contributed by atoms with Crippen molar-refractivity contribution in [2.75, 3.05) is 58.5 Å². The van der Waals surface area contributed by atoms with Crippen LogP contribution in [0.25, 0.3) is 0 Å². The van der Waals surface area contributed by atoms with E-state index in [1.165, 1.54) is 6.07 Å². The quantitative estimate of drug-likeness (QED) is 0.131. The van der Waals surface area contributed by atoms with Crippen LogP contribution >= 0.6 is 22.6 Å². The van der Waals surface area contributed by atoms with Crippen LogP contribution in [0.15, 0.2) is 42.5 Å². The zero-order chi connectivity index (χ0) is 35.1. The number of anilines is 1. The zero-order valence-corrected chi connectivity index (χ0v) is 30.0. The van der Waals surface area contributed by atoms with E-state index in [9.17, 15) is 27.9 Å². The Balaban J connectivity index is 1.33. The highest BCUT2D eigenvalue weighted by molar-refractivity contribution is 14.1. The topological polar surface area (TPSA) is 82.6 Å². The standard InChI is InChI=1S/C36H44F4IN3O5/c1-48-20-24-17-42(34(47)35(37)21-43(26-5-3-4-6-26)19-30(35)22-7-10-27(49-2)11-8-22)18-29(24)28-12-9-25(36(38,39)40)16-31(28)44-14-13-23(33(45)46)15-32(44)41/h7-12,16,23-24,26,29-30,32H,3-6,13-15,17-21H2,1-2H3,(H,45,46)/t23?,24-,29+,30+,32?,35+/m1/s1. The summed E-state index contributed by atoms with van der Waals surface area (Å²) < 4.78 is 70.3. The minimum atomic E-state index is -4.58. The Hall–Kier alpha value is -2.65. The lowest BCUT2D eigenvalue weighted by atomic mass is 9.85. The number of hydrogen-bond donors (Lipinski definition) is 1. The van der Waals surface area contributed by atoms with E-state index in [0.29, 0.717) is 30.0 Å². The number of hydrogen-bond acceptors (Lipinski definition) is 6. The summed E-state index contributed by atoms with van der Waals surface area (Å²) in [5, 5.41) is 9.61. The second-order valence-corrected chi connectivity index (χ2v) is 15.5. The molecule has 4 aliphatic rings. The number of nitrogens with zero attached hydrogens (tertiary/aromatic N) is 3. The number of rotatable bonds is 9. The summed E-state index contributed by atoms with van der Waals surface area (Å²) in [6, 6.07) is 11.1. The Morgan fingerprint density at radius 3 is 2.35 bits per heavy atom. The largest absolute Gasteiger partial charge is 0.497 e. The molecule has 49 heavy (non-hydrogen) atoms. The van der Waals surface area contributed by atoms with Crippen LogP contribution in [0, 0.1) is 11.8 Å². The second kappa shape index (κ2) is 14.5. The predicted octanol–water partition coefficient (Wildman–Crippen LogP) is 6.71. The number of carboxylic acid groups (broad SMARTS) is 1. The van der Waals surface area contributed by atoms with E-state index in [0.717, 1.165) is 43.4 Å². The third-order valence-electron chi connectivity index (χ3n) is 11.2. The molecule has 0 bridgehead atoms. The number of ether oxygens (including phenoxy) is 2. The number of likely N-dealkylation sites (tertiary alicyclic amines) is 2. The van der Waals surface area contributed by atoms with Gasteiger partial charge in [-0.15, -0.1) is 0 Å². The molecule has 0 radical (unpaired) electrons. The third-order valence-corrected chi connectivity index (χ3v) is 12.4. The van der Waals surface area contributed by atoms with Gasteiger partial charge >= 0.3 is 12.1 Å². The van der Waals surface area contributed by atoms with Crippen molar-refractivity contribution in [3.63, 3.8) is 0 Å². The lowest BCUT2D eigenvalue weighted by Gasteiger charge is -2.39. The van der Waals surface area contributed by atoms with Crippen LogP contribution < -0.4 is 9.64 Å². The van der Waals surface area contributed by atoms with E-state index >= 15 is 4.39 Å². The molecule has 1 amide bonds. The Morgan fingerprint density at radius 1 is 1.02 bits per heavy atom. The van der Waals surface area contributed by atoms with Crippen molar-refractivity contribution in [1.29, 1.82) is 0 Å². The first-order chi connectivity index (χ1) is 23.3. The molecule has 268 valence electrons. The summed E-state index contributed by atoms with van der Waals surface area (Å²) in [4.78, 5) is 31.8. The molecule has 3 saturated heterocycles. The van der Waals surface area contributed by atoms with Gasteiger partial charge in [0, 0.05) is 69.3 Å². The number of halogens is 5. The minimum Gasteiger partial charge on any atom is -0.497 e. The monoisotopic (exact) mass is 801 g/mol. The van der Waals surface area contributed by atoms with Crippen molar-refractivity contribution in [2.24, 2.45) is 11.8 Å². The highest BCUT2D eigenvalue weighted by atomic mass is 127. The molecule has 2 unspecified atom stereocenters. The van der Waals surface area contributed by atoms with E-state index < -0.39 is 47.0 Å². The van der Waals surface area contributed by atoms with Gasteiger partial charge in [-0.3, -0.25) is 14.5 Å². The van der Waals surface area contributed by atoms with Gasteiger partial charge < -0.3 is 24.4 Å². The van der Waals surface area contributed by atoms with Gasteiger partial charge in [0.2, 0.25) is 5.67 Å². The fourth-order valence-corrected chi connectivity index (χ4v) is 9.74. The van der Waals surface area contributed by atoms with Crippen molar-refractivity contribution in [1.82, 2.24) is 9.80 Å². The van der Waals surface area contributed by atoms with E-state index in [2.05, 4.69) is 27.5 Å². The predicted molar refractivity (Wildman–Crippen MR) is 185 cm³/mol. The summed E-state index contributed by atoms with van der Waals surface area (Å²) >= 11 is 2.11. The van der Waals surface area contributed by atoms with Crippen LogP contribution in [-0.4, -0.2) is 96.1 Å². The fourth-order valence-electron chi connectivity index (χ4n) is 8.55. The van der Waals surface area contributed by atoms with Crippen LogP contribution in [0.1, 0.15) is 67.1 Å². The van der Waals surface area contributed by atoms with Gasteiger partial charge in [0.15, 0.2) is 0 Å². The fraction of sp³-hybridized carbons (Fsp3) is 0.611. The minimum absolute atomic E-state index is 0.0100. The van der Waals surface area contributed by atoms with Gasteiger partial charge in [0.25, 0.3) is 5.91 Å². The molecule has 0 spiro atoms. The van der Waals surface area contributed by atoms with Crippen molar-refractivity contribution in [3.05, 3.63) is 59.2 Å². The molecular formula is C36H44F4IN3O5. The van der Waals surface area contributed by atoms with Gasteiger partial charge in [0.1, 0.15) is 5.75 Å². The first-order valence-electron chi connectivity index (χ1n) is 17.0. The van der Waals surface area contributed by atoms with Crippen molar-refractivity contribution < 1.29 is 41.7 Å². The second-order valence-electron chi connectivity index (χ2n) is 14.0. The van der Waals surface area contributed by atoms with Crippen LogP contribution in [-0.2, 0) is 20.5 Å². The summed E-state index contributed by atoms with van der Waals surface area (Å²) in [6.07, 6.45) is 0.110. The maximum Gasteiger partial charge on any atom is 0.416 e. The third kappa shape index (κ3) is 7.26. The van der Waals surface area contributed by atoms with Gasteiger partial charge in [-0.05, 0) is 61.1 Å². The first-order valence-corrected chi connectivity index (χ1v) is 18.3. The molecular weight excluding hydrogens is 757 g/mol. The molecule has 6 rings (SSSR count). The molecule has 1 saturated carbocycles. The van der Waals surface area contributed by atoms with Gasteiger partial charge in [-0.25, -0.2) is 4.39 Å². The molecule has 0 aromatic heterocycles. The van der Waals surface area contributed by atoms with Crippen LogP contribution in [0.5, 0.6) is 5.75 Å². The van der Waals surface area contributed by atoms with E-state index in [1.807, 2.05) is 17.0 Å². The molecule has 3 aliphatic heterocycles. The first kappa shape index (κ1) is 36.2. The van der Waals surface area contributed by atoms with Crippen LogP contribution in [0.2, 0.25) is 0 Å². The molecule has 2 aromatic rings. The number of benzene rings is 2. The summed E-state index contributed by atoms with van der Waals surface area (Å²) in [5.74, 6) is -2.85. The Labute approximate surface area is 298 Å². The summed E-state index contributed by atoms with van der Waals surface area (Å²) in [6.45, 7) is 1.26. The molecule has 3 heterocycles. The number of aliphatic carboxylic acids is 1. The Bertz CT molecular complexity index is 1510. The Morgan fingerprint density at radius 2 is 1.73 bits per heavy atom. The summed E-state index contributed by atoms with van der Waals surface area (Å²) in [7, 11) is 3.11. The number of alkyl halides is 5. The average molecular weight is 802 g/mol. The highest BCUT2D eigenvalue weighted by Gasteiger charge is 2.57. The number of carboxylic acids is 1. The van der Waals surface area contributed by atoms with E-state index in [-0.39, 0.29) is 55.2 Å². The number of piperidine rings is 1. The maximum absolute atomic E-state index is 17.7. The molecule has 8 nitrogen and oxygen atoms in total. The van der Waals surface area contributed by atoms with E-state index in [4.69, 9.17) is 9.47 Å². The van der Waals surface area contributed by atoms with Gasteiger partial charge in [-0.1, -0.05) is 53.6 Å². The summed E-state index contributed by atoms with van der Waals surface area (Å²) in [5.41, 5.74) is -1.27. The molecule has 6 atom stereocenters. The number of carbonyl (C=O) groups is 2. The SMILES string of the molecule is COC[C@H]1CN(C(=O)[C@]2(F)CN(C3CCCC3)C[C@H]2c2ccc(OC)cc2)C[C@@H]1c1ccc(C(F)(F)F)cc1N1CCC(C(=O)O)CC1I. The maximum atomic E-state index is 17.7. The normalized spacial score (nSPS) is 29.9. The molecule has 13 heteroatoms.